The Morgan fingerprint density at radius 1 is 1.32 bits per heavy atom. The first-order valence-corrected chi connectivity index (χ1v) is 6.94. The summed E-state index contributed by atoms with van der Waals surface area (Å²) in [6.45, 7) is 9.69. The maximum Gasteiger partial charge on any atom is 0.170 e. The molecule has 0 aliphatic heterocycles. The van der Waals surface area contributed by atoms with Gasteiger partial charge in [-0.05, 0) is 31.4 Å². The molecule has 2 nitrogen and oxygen atoms in total. The van der Waals surface area contributed by atoms with Crippen LogP contribution in [0.4, 0.5) is 4.39 Å². The molecule has 0 fully saturated rings. The van der Waals surface area contributed by atoms with E-state index < -0.39 is 0 Å². The molecule has 0 aliphatic rings. The summed E-state index contributed by atoms with van der Waals surface area (Å²) in [5.74, 6) is 1.16. The number of hydrogen-bond acceptors (Lipinski definition) is 2. The van der Waals surface area contributed by atoms with Crippen LogP contribution in [-0.2, 0) is 13.0 Å². The monoisotopic (exact) mass is 263 g/mol. The topological polar surface area (TPSA) is 25.2 Å². The van der Waals surface area contributed by atoms with Crippen LogP contribution in [0, 0.1) is 18.7 Å². The molecule has 0 saturated carbocycles. The zero-order chi connectivity index (χ0) is 14.0. The number of benzene rings is 1. The van der Waals surface area contributed by atoms with Crippen molar-refractivity contribution < 1.29 is 8.81 Å². The van der Waals surface area contributed by atoms with Crippen LogP contribution in [0.25, 0.3) is 11.0 Å². The Labute approximate surface area is 114 Å². The quantitative estimate of drug-likeness (QED) is 0.875. The lowest BCUT2D eigenvalue weighted by Gasteiger charge is -2.06. The molecule has 0 aliphatic carbocycles. The summed E-state index contributed by atoms with van der Waals surface area (Å²) < 4.78 is 19.9. The molecule has 2 aromatic rings. The minimum atomic E-state index is -0.231. The molecule has 1 aromatic heterocycles. The van der Waals surface area contributed by atoms with Crippen molar-refractivity contribution in [2.75, 3.05) is 6.54 Å². The number of aryl methyl sites for hydroxylation is 1. The minimum absolute atomic E-state index is 0.231. The van der Waals surface area contributed by atoms with Crippen LogP contribution in [0.5, 0.6) is 0 Å². The number of hydrogen-bond donors (Lipinski definition) is 1. The third-order valence-corrected chi connectivity index (χ3v) is 3.33. The number of nitrogens with one attached hydrogen (secondary N) is 1. The normalized spacial score (nSPS) is 11.7. The lowest BCUT2D eigenvalue weighted by atomic mass is 9.99. The maximum absolute atomic E-state index is 14.1. The highest BCUT2D eigenvalue weighted by atomic mass is 19.1. The van der Waals surface area contributed by atoms with Gasteiger partial charge >= 0.3 is 0 Å². The second-order valence-corrected chi connectivity index (χ2v) is 5.46. The predicted octanol–water partition coefficient (Wildman–Crippen LogP) is 4.19. The molecule has 1 heterocycles. The zero-order valence-electron chi connectivity index (χ0n) is 12.1. The van der Waals surface area contributed by atoms with E-state index in [1.807, 2.05) is 12.1 Å². The van der Waals surface area contributed by atoms with Crippen molar-refractivity contribution in [3.63, 3.8) is 0 Å². The van der Waals surface area contributed by atoms with Gasteiger partial charge in [0.05, 0.1) is 6.54 Å². The highest BCUT2D eigenvalue weighted by Crippen LogP contribution is 2.31. The van der Waals surface area contributed by atoms with Gasteiger partial charge in [-0.25, -0.2) is 4.39 Å². The second-order valence-electron chi connectivity index (χ2n) is 5.46. The van der Waals surface area contributed by atoms with Crippen LogP contribution in [-0.4, -0.2) is 6.54 Å². The molecule has 0 saturated heterocycles. The number of fused-ring (bicyclic) bond motifs is 1. The summed E-state index contributed by atoms with van der Waals surface area (Å²) in [5, 5.41) is 4.18. The molecule has 0 spiro atoms. The molecule has 2 rings (SSSR count). The van der Waals surface area contributed by atoms with Crippen LogP contribution in [0.1, 0.15) is 37.7 Å². The fourth-order valence-electron chi connectivity index (χ4n) is 2.34. The third-order valence-electron chi connectivity index (χ3n) is 3.33. The first kappa shape index (κ1) is 14.1. The van der Waals surface area contributed by atoms with Gasteiger partial charge in [0.15, 0.2) is 11.4 Å². The maximum atomic E-state index is 14.1. The second kappa shape index (κ2) is 5.74. The Balaban J connectivity index is 2.55. The van der Waals surface area contributed by atoms with Gasteiger partial charge in [-0.2, -0.15) is 0 Å². The fraction of sp³-hybridized carbons (Fsp3) is 0.500. The summed E-state index contributed by atoms with van der Waals surface area (Å²) in [4.78, 5) is 0. The van der Waals surface area contributed by atoms with Gasteiger partial charge < -0.3 is 9.73 Å². The zero-order valence-corrected chi connectivity index (χ0v) is 12.1. The van der Waals surface area contributed by atoms with E-state index in [4.69, 9.17) is 4.42 Å². The van der Waals surface area contributed by atoms with Gasteiger partial charge in [0.1, 0.15) is 5.76 Å². The average Bonchev–Trinajstić information content (AvgIpc) is 2.70. The van der Waals surface area contributed by atoms with E-state index in [9.17, 15) is 4.39 Å². The van der Waals surface area contributed by atoms with Crippen LogP contribution in [0.15, 0.2) is 16.5 Å². The van der Waals surface area contributed by atoms with Crippen LogP contribution >= 0.6 is 0 Å². The Morgan fingerprint density at radius 3 is 2.68 bits per heavy atom. The Kier molecular flexibility index (Phi) is 4.25. The van der Waals surface area contributed by atoms with E-state index in [1.165, 1.54) is 0 Å². The first-order valence-electron chi connectivity index (χ1n) is 6.94. The number of rotatable bonds is 5. The smallest absolute Gasteiger partial charge is 0.170 e. The summed E-state index contributed by atoms with van der Waals surface area (Å²) in [5.41, 5.74) is 2.18. The van der Waals surface area contributed by atoms with Gasteiger partial charge in [-0.3, -0.25) is 0 Å². The molecule has 0 atom stereocenters. The lowest BCUT2D eigenvalue weighted by Crippen LogP contribution is -2.12. The van der Waals surface area contributed by atoms with Crippen LogP contribution in [0.2, 0.25) is 0 Å². The summed E-state index contributed by atoms with van der Waals surface area (Å²) in [6.07, 6.45) is 0.913. The van der Waals surface area contributed by atoms with E-state index in [0.29, 0.717) is 23.6 Å². The van der Waals surface area contributed by atoms with Crippen molar-refractivity contribution in [2.24, 2.45) is 5.92 Å². The van der Waals surface area contributed by atoms with E-state index in [1.54, 1.807) is 6.92 Å². The van der Waals surface area contributed by atoms with Crippen molar-refractivity contribution >= 4 is 11.0 Å². The van der Waals surface area contributed by atoms with E-state index >= 15 is 0 Å². The number of halogens is 1. The summed E-state index contributed by atoms with van der Waals surface area (Å²) >= 11 is 0. The van der Waals surface area contributed by atoms with Gasteiger partial charge in [0, 0.05) is 10.9 Å². The molecule has 19 heavy (non-hydrogen) atoms. The Morgan fingerprint density at radius 2 is 2.05 bits per heavy atom. The molecule has 104 valence electrons. The minimum Gasteiger partial charge on any atom is -0.456 e. The Bertz CT molecular complexity index is 572. The SMILES string of the molecule is CCNCc1oc2c(F)c(C)ccc2c1CC(C)C. The van der Waals surface area contributed by atoms with Crippen molar-refractivity contribution in [3.05, 3.63) is 34.8 Å². The summed E-state index contributed by atoms with van der Waals surface area (Å²) in [6, 6.07) is 3.80. The molecule has 1 aromatic carbocycles. The van der Waals surface area contributed by atoms with Crippen molar-refractivity contribution in [2.45, 2.75) is 40.7 Å². The van der Waals surface area contributed by atoms with E-state index in [2.05, 4.69) is 26.1 Å². The van der Waals surface area contributed by atoms with Crippen LogP contribution in [0.3, 0.4) is 0 Å². The first-order chi connectivity index (χ1) is 9.04. The van der Waals surface area contributed by atoms with E-state index in [-0.39, 0.29) is 5.82 Å². The summed E-state index contributed by atoms with van der Waals surface area (Å²) in [7, 11) is 0. The lowest BCUT2D eigenvalue weighted by molar-refractivity contribution is 0.488. The van der Waals surface area contributed by atoms with Crippen molar-refractivity contribution in [1.29, 1.82) is 0 Å². The highest BCUT2D eigenvalue weighted by Gasteiger charge is 2.18. The molecule has 0 bridgehead atoms. The van der Waals surface area contributed by atoms with Crippen molar-refractivity contribution in [3.8, 4) is 0 Å². The highest BCUT2D eigenvalue weighted by molar-refractivity contribution is 5.83. The fourth-order valence-corrected chi connectivity index (χ4v) is 2.34. The standard InChI is InChI=1S/C16H22FNO/c1-5-18-9-14-13(8-10(2)3)12-7-6-11(4)15(17)16(12)19-14/h6-7,10,18H,5,8-9H2,1-4H3. The van der Waals surface area contributed by atoms with Gasteiger partial charge in [-0.1, -0.05) is 32.9 Å². The molecule has 0 radical (unpaired) electrons. The molecule has 1 N–H and O–H groups in total. The van der Waals surface area contributed by atoms with Crippen molar-refractivity contribution in [1.82, 2.24) is 5.32 Å². The third kappa shape index (κ3) is 2.81. The van der Waals surface area contributed by atoms with Gasteiger partial charge in [0.2, 0.25) is 0 Å². The van der Waals surface area contributed by atoms with Crippen LogP contribution < -0.4 is 5.32 Å². The van der Waals surface area contributed by atoms with E-state index in [0.717, 1.165) is 29.7 Å². The number of furan rings is 1. The van der Waals surface area contributed by atoms with Gasteiger partial charge in [0.25, 0.3) is 0 Å². The molecular formula is C16H22FNO. The molecule has 0 amide bonds. The molecular weight excluding hydrogens is 241 g/mol. The molecule has 3 heteroatoms. The largest absolute Gasteiger partial charge is 0.456 e. The average molecular weight is 263 g/mol. The predicted molar refractivity (Wildman–Crippen MR) is 76.8 cm³/mol. The Hall–Kier alpha value is -1.35. The van der Waals surface area contributed by atoms with Gasteiger partial charge in [-0.15, -0.1) is 0 Å². The molecule has 0 unspecified atom stereocenters.